The van der Waals surface area contributed by atoms with E-state index in [4.69, 9.17) is 19.2 Å². The number of benzene rings is 1. The first-order valence-electron chi connectivity index (χ1n) is 11.1. The molecule has 0 bridgehead atoms. The van der Waals surface area contributed by atoms with Crippen LogP contribution in [0.2, 0.25) is 0 Å². The minimum Gasteiger partial charge on any atom is -0.491 e. The molecule has 0 radical (unpaired) electrons. The van der Waals surface area contributed by atoms with Crippen LogP contribution >= 0.6 is 0 Å². The smallest absolute Gasteiger partial charge is 0.149 e. The van der Waals surface area contributed by atoms with Crippen LogP contribution in [0.4, 0.5) is 4.39 Å². The Bertz CT molecular complexity index is 1260. The van der Waals surface area contributed by atoms with Gasteiger partial charge in [0.15, 0.2) is 0 Å². The maximum Gasteiger partial charge on any atom is 0.149 e. The molecule has 0 aliphatic carbocycles. The summed E-state index contributed by atoms with van der Waals surface area (Å²) in [4.78, 5) is 11.4. The second-order valence-corrected chi connectivity index (χ2v) is 8.32. The van der Waals surface area contributed by atoms with Gasteiger partial charge in [-0.25, -0.2) is 14.4 Å². The van der Waals surface area contributed by atoms with Crippen molar-refractivity contribution in [2.45, 2.75) is 18.7 Å². The first-order valence-corrected chi connectivity index (χ1v) is 11.1. The highest BCUT2D eigenvalue weighted by atomic mass is 19.1. The first kappa shape index (κ1) is 21.6. The zero-order valence-corrected chi connectivity index (χ0v) is 18.8. The van der Waals surface area contributed by atoms with E-state index in [1.165, 1.54) is 0 Å². The zero-order chi connectivity index (χ0) is 22.8. The normalized spacial score (nSPS) is 19.2. The number of hydrogen-bond acceptors (Lipinski definition) is 6. The number of ether oxygens (including phenoxy) is 3. The van der Waals surface area contributed by atoms with Gasteiger partial charge >= 0.3 is 0 Å². The third-order valence-corrected chi connectivity index (χ3v) is 5.95. The molecule has 0 saturated carbocycles. The molecule has 8 heteroatoms. The summed E-state index contributed by atoms with van der Waals surface area (Å²) >= 11 is 0. The van der Waals surface area contributed by atoms with E-state index in [0.29, 0.717) is 31.9 Å². The molecule has 1 aliphatic heterocycles. The number of fused-ring (bicyclic) bond motifs is 2. The highest BCUT2D eigenvalue weighted by Crippen LogP contribution is 2.30. The van der Waals surface area contributed by atoms with Crippen LogP contribution in [0, 0.1) is 0 Å². The van der Waals surface area contributed by atoms with Crippen molar-refractivity contribution in [2.75, 3.05) is 40.5 Å². The number of piperidine rings is 1. The molecule has 1 saturated heterocycles. The Morgan fingerprint density at radius 3 is 2.91 bits per heavy atom. The van der Waals surface area contributed by atoms with Crippen LogP contribution in [0.25, 0.3) is 27.9 Å². The molecular weight excluding hydrogens is 423 g/mol. The lowest BCUT2D eigenvalue weighted by molar-refractivity contribution is 0.0321. The summed E-state index contributed by atoms with van der Waals surface area (Å²) < 4.78 is 33.4. The van der Waals surface area contributed by atoms with Crippen LogP contribution in [-0.4, -0.2) is 72.0 Å². The molecule has 33 heavy (non-hydrogen) atoms. The lowest BCUT2D eigenvalue weighted by Gasteiger charge is -2.32. The Morgan fingerprint density at radius 1 is 1.15 bits per heavy atom. The molecule has 1 aliphatic rings. The number of aromatic nitrogens is 3. The Balaban J connectivity index is 1.45. The molecule has 7 nitrogen and oxygen atoms in total. The summed E-state index contributed by atoms with van der Waals surface area (Å²) in [5.74, 6) is 1.34. The molecule has 1 aromatic carbocycles. The van der Waals surface area contributed by atoms with Crippen molar-refractivity contribution >= 4 is 16.6 Å². The fraction of sp³-hybridized carbons (Fsp3) is 0.360. The maximum absolute atomic E-state index is 14.6. The average Bonchev–Trinajstić information content (AvgIpc) is 3.24. The number of para-hydroxylation sites is 1. The van der Waals surface area contributed by atoms with Crippen LogP contribution in [0.15, 0.2) is 54.9 Å². The highest BCUT2D eigenvalue weighted by Gasteiger charge is 2.29. The Hall–Kier alpha value is -3.23. The van der Waals surface area contributed by atoms with Crippen molar-refractivity contribution in [3.8, 4) is 22.9 Å². The topological polar surface area (TPSA) is 61.1 Å². The summed E-state index contributed by atoms with van der Waals surface area (Å²) in [6.07, 6.45) is 2.86. The third kappa shape index (κ3) is 4.49. The maximum atomic E-state index is 14.6. The van der Waals surface area contributed by atoms with E-state index < -0.39 is 12.3 Å². The second-order valence-electron chi connectivity index (χ2n) is 8.32. The SMILES string of the molecule is COCCOc1ccn2c(-c3ccc4cccc(OC5CCN(C)C[C@@H]5F)c4n3)cnc2c1. The van der Waals surface area contributed by atoms with Crippen molar-refractivity contribution < 1.29 is 18.6 Å². The molecule has 172 valence electrons. The van der Waals surface area contributed by atoms with Gasteiger partial charge in [0.1, 0.15) is 41.5 Å². The number of imidazole rings is 1. The van der Waals surface area contributed by atoms with Crippen LogP contribution in [0.3, 0.4) is 0 Å². The quantitative estimate of drug-likeness (QED) is 0.397. The van der Waals surface area contributed by atoms with E-state index in [1.807, 2.05) is 65.0 Å². The van der Waals surface area contributed by atoms with E-state index in [-0.39, 0.29) is 0 Å². The van der Waals surface area contributed by atoms with Gasteiger partial charge in [0.2, 0.25) is 0 Å². The molecule has 2 atom stereocenters. The number of rotatable bonds is 7. The van der Waals surface area contributed by atoms with Gasteiger partial charge in [-0.15, -0.1) is 0 Å². The lowest BCUT2D eigenvalue weighted by Crippen LogP contribution is -2.45. The fourth-order valence-electron chi connectivity index (χ4n) is 4.17. The molecular formula is C25H27FN4O3. The molecule has 0 N–H and O–H groups in total. The molecule has 4 heterocycles. The number of hydrogen-bond donors (Lipinski definition) is 0. The van der Waals surface area contributed by atoms with Crippen molar-refractivity contribution in [1.82, 2.24) is 19.3 Å². The predicted octanol–water partition coefficient (Wildman–Crippen LogP) is 4.00. The monoisotopic (exact) mass is 450 g/mol. The highest BCUT2D eigenvalue weighted by molar-refractivity contribution is 5.86. The minimum atomic E-state index is -1.03. The van der Waals surface area contributed by atoms with Gasteiger partial charge in [0, 0.05) is 37.8 Å². The number of halogens is 1. The van der Waals surface area contributed by atoms with Gasteiger partial charge in [0.05, 0.1) is 24.2 Å². The molecule has 1 fully saturated rings. The fourth-order valence-corrected chi connectivity index (χ4v) is 4.17. The van der Waals surface area contributed by atoms with Crippen LogP contribution in [0.1, 0.15) is 6.42 Å². The molecule has 4 aromatic rings. The number of alkyl halides is 1. The lowest BCUT2D eigenvalue weighted by atomic mass is 10.1. The Kier molecular flexibility index (Phi) is 6.11. The van der Waals surface area contributed by atoms with Gasteiger partial charge in [-0.3, -0.25) is 4.40 Å². The second kappa shape index (κ2) is 9.33. The van der Waals surface area contributed by atoms with E-state index in [9.17, 15) is 4.39 Å². The van der Waals surface area contributed by atoms with E-state index in [2.05, 4.69) is 4.98 Å². The largest absolute Gasteiger partial charge is 0.491 e. The van der Waals surface area contributed by atoms with Crippen LogP contribution in [0.5, 0.6) is 11.5 Å². The number of methoxy groups -OCH3 is 1. The zero-order valence-electron chi connectivity index (χ0n) is 18.8. The number of pyridine rings is 2. The summed E-state index contributed by atoms with van der Waals surface area (Å²) in [6, 6.07) is 13.5. The van der Waals surface area contributed by atoms with Crippen molar-refractivity contribution in [3.63, 3.8) is 0 Å². The van der Waals surface area contributed by atoms with Crippen LogP contribution in [-0.2, 0) is 4.74 Å². The molecule has 3 aromatic heterocycles. The average molecular weight is 451 g/mol. The first-order chi connectivity index (χ1) is 16.1. The van der Waals surface area contributed by atoms with E-state index >= 15 is 0 Å². The summed E-state index contributed by atoms with van der Waals surface area (Å²) in [6.45, 7) is 2.20. The van der Waals surface area contributed by atoms with Gasteiger partial charge in [0.25, 0.3) is 0 Å². The van der Waals surface area contributed by atoms with E-state index in [0.717, 1.165) is 40.2 Å². The number of likely N-dealkylation sites (tertiary alicyclic amines) is 1. The minimum absolute atomic E-state index is 0.382. The summed E-state index contributed by atoms with van der Waals surface area (Å²) in [7, 11) is 3.57. The third-order valence-electron chi connectivity index (χ3n) is 5.95. The predicted molar refractivity (Wildman–Crippen MR) is 125 cm³/mol. The van der Waals surface area contributed by atoms with Gasteiger partial charge in [-0.2, -0.15) is 0 Å². The van der Waals surface area contributed by atoms with E-state index in [1.54, 1.807) is 13.3 Å². The van der Waals surface area contributed by atoms with Crippen molar-refractivity contribution in [3.05, 3.63) is 54.9 Å². The molecule has 1 unspecified atom stereocenters. The molecule has 5 rings (SSSR count). The van der Waals surface area contributed by atoms with Crippen molar-refractivity contribution in [2.24, 2.45) is 0 Å². The van der Waals surface area contributed by atoms with Crippen LogP contribution < -0.4 is 9.47 Å². The summed E-state index contributed by atoms with van der Waals surface area (Å²) in [5.41, 5.74) is 3.10. The van der Waals surface area contributed by atoms with Crippen molar-refractivity contribution in [1.29, 1.82) is 0 Å². The Labute approximate surface area is 191 Å². The standard InChI is InChI=1S/C25H27FN4O3/c1-29-10-9-22(19(26)16-29)33-23-5-3-4-17-6-7-20(28-25(17)23)21-15-27-24-14-18(8-11-30(21)24)32-13-12-31-2/h3-8,11,14-15,19,22H,9-10,12-13,16H2,1-2H3/t19-,22?/m0/s1. The molecule has 0 amide bonds. The van der Waals surface area contributed by atoms with Gasteiger partial charge in [-0.05, 0) is 31.7 Å². The Morgan fingerprint density at radius 2 is 2.06 bits per heavy atom. The number of nitrogens with zero attached hydrogens (tertiary/aromatic N) is 4. The van der Waals surface area contributed by atoms with Gasteiger partial charge in [-0.1, -0.05) is 18.2 Å². The summed E-state index contributed by atoms with van der Waals surface area (Å²) in [5, 5.41) is 0.947. The molecule has 0 spiro atoms. The van der Waals surface area contributed by atoms with Gasteiger partial charge < -0.3 is 19.1 Å².